The van der Waals surface area contributed by atoms with Gasteiger partial charge in [-0.15, -0.1) is 0 Å². The Hall–Kier alpha value is -0.120. The van der Waals surface area contributed by atoms with Gasteiger partial charge in [-0.2, -0.15) is 0 Å². The molecule has 3 nitrogen and oxygen atoms in total. The quantitative estimate of drug-likeness (QED) is 0.165. The average molecular weight is 359 g/mol. The van der Waals surface area contributed by atoms with Gasteiger partial charge in [-0.3, -0.25) is 0 Å². The predicted molar refractivity (Wildman–Crippen MR) is 108 cm³/mol. The first-order valence-corrected chi connectivity index (χ1v) is 11.2. The molecule has 1 unspecified atom stereocenters. The normalized spacial score (nSPS) is 12.6. The molecule has 0 fully saturated rings. The molecule has 0 heterocycles. The first-order chi connectivity index (χ1) is 12.3. The highest BCUT2D eigenvalue weighted by atomic mass is 16.7. The molecule has 0 aliphatic rings. The zero-order chi connectivity index (χ0) is 18.4. The topological polar surface area (TPSA) is 27.7 Å². The molecule has 25 heavy (non-hydrogen) atoms. The van der Waals surface area contributed by atoms with Crippen molar-refractivity contribution < 1.29 is 14.2 Å². The molecule has 0 saturated heterocycles. The Morgan fingerprint density at radius 1 is 0.480 bits per heavy atom. The molecule has 0 spiro atoms. The number of hydrogen-bond acceptors (Lipinski definition) is 3. The van der Waals surface area contributed by atoms with E-state index >= 15 is 0 Å². The largest absolute Gasteiger partial charge is 0.381 e. The van der Waals surface area contributed by atoms with Crippen molar-refractivity contribution in [1.29, 1.82) is 0 Å². The maximum atomic E-state index is 5.98. The fourth-order valence-corrected chi connectivity index (χ4v) is 2.73. The van der Waals surface area contributed by atoms with E-state index in [4.69, 9.17) is 14.2 Å². The van der Waals surface area contributed by atoms with Crippen LogP contribution in [0.3, 0.4) is 0 Å². The second kappa shape index (κ2) is 21.9. The summed E-state index contributed by atoms with van der Waals surface area (Å²) in [7, 11) is 0. The van der Waals surface area contributed by atoms with Gasteiger partial charge in [0.15, 0.2) is 6.29 Å². The summed E-state index contributed by atoms with van der Waals surface area (Å²) in [6.07, 6.45) is 17.3. The standard InChI is InChI=1S/C22H46O3/c1-4-7-10-11-12-13-14-15-21-25-22(24-20-9-6-3)17-16-19-23-18-8-5-2/h22H,4-21H2,1-3H3. The van der Waals surface area contributed by atoms with E-state index in [9.17, 15) is 0 Å². The third-order valence-electron chi connectivity index (χ3n) is 4.47. The van der Waals surface area contributed by atoms with Crippen LogP contribution in [0.2, 0.25) is 0 Å². The first kappa shape index (κ1) is 24.9. The summed E-state index contributed by atoms with van der Waals surface area (Å²) in [5, 5.41) is 0. The molecule has 0 aromatic rings. The monoisotopic (exact) mass is 358 g/mol. The molecular formula is C22H46O3. The third kappa shape index (κ3) is 20.0. The molecule has 0 aromatic heterocycles. The number of rotatable bonds is 21. The highest BCUT2D eigenvalue weighted by Crippen LogP contribution is 2.11. The molecule has 0 bridgehead atoms. The van der Waals surface area contributed by atoms with Crippen molar-refractivity contribution in [2.45, 2.75) is 117 Å². The van der Waals surface area contributed by atoms with Crippen molar-refractivity contribution in [3.63, 3.8) is 0 Å². The molecule has 3 heteroatoms. The summed E-state index contributed by atoms with van der Waals surface area (Å²) in [6, 6.07) is 0. The van der Waals surface area contributed by atoms with Gasteiger partial charge in [0, 0.05) is 32.8 Å². The molecule has 1 atom stereocenters. The van der Waals surface area contributed by atoms with E-state index in [1.165, 1.54) is 57.8 Å². The van der Waals surface area contributed by atoms with Crippen LogP contribution in [0, 0.1) is 0 Å². The minimum absolute atomic E-state index is 0.0362. The van der Waals surface area contributed by atoms with Crippen molar-refractivity contribution in [2.24, 2.45) is 0 Å². The van der Waals surface area contributed by atoms with Gasteiger partial charge in [0.25, 0.3) is 0 Å². The van der Waals surface area contributed by atoms with E-state index in [-0.39, 0.29) is 6.29 Å². The minimum atomic E-state index is -0.0362. The fourth-order valence-electron chi connectivity index (χ4n) is 2.73. The zero-order valence-corrected chi connectivity index (χ0v) is 17.5. The van der Waals surface area contributed by atoms with Crippen LogP contribution in [0.1, 0.15) is 111 Å². The number of hydrogen-bond donors (Lipinski definition) is 0. The molecule has 152 valence electrons. The maximum absolute atomic E-state index is 5.98. The van der Waals surface area contributed by atoms with Crippen LogP contribution < -0.4 is 0 Å². The van der Waals surface area contributed by atoms with Crippen molar-refractivity contribution in [3.05, 3.63) is 0 Å². The number of unbranched alkanes of at least 4 members (excludes halogenated alkanes) is 9. The van der Waals surface area contributed by atoms with E-state index in [0.29, 0.717) is 0 Å². The third-order valence-corrected chi connectivity index (χ3v) is 4.47. The van der Waals surface area contributed by atoms with Crippen molar-refractivity contribution in [3.8, 4) is 0 Å². The average Bonchev–Trinajstić information content (AvgIpc) is 2.62. The van der Waals surface area contributed by atoms with Crippen LogP contribution in [0.5, 0.6) is 0 Å². The van der Waals surface area contributed by atoms with Crippen LogP contribution in [-0.4, -0.2) is 32.7 Å². The van der Waals surface area contributed by atoms with Gasteiger partial charge >= 0.3 is 0 Å². The van der Waals surface area contributed by atoms with Gasteiger partial charge < -0.3 is 14.2 Å². The lowest BCUT2D eigenvalue weighted by Gasteiger charge is -2.18. The lowest BCUT2D eigenvalue weighted by Crippen LogP contribution is -2.19. The summed E-state index contributed by atoms with van der Waals surface area (Å²) < 4.78 is 17.5. The van der Waals surface area contributed by atoms with E-state index in [0.717, 1.165) is 58.5 Å². The van der Waals surface area contributed by atoms with Crippen LogP contribution >= 0.6 is 0 Å². The van der Waals surface area contributed by atoms with Crippen LogP contribution in [-0.2, 0) is 14.2 Å². The Labute approximate surface area is 158 Å². The fraction of sp³-hybridized carbons (Fsp3) is 1.00. The lowest BCUT2D eigenvalue weighted by atomic mass is 10.1. The van der Waals surface area contributed by atoms with Gasteiger partial charge in [-0.05, 0) is 25.7 Å². The van der Waals surface area contributed by atoms with Crippen molar-refractivity contribution in [2.75, 3.05) is 26.4 Å². The van der Waals surface area contributed by atoms with E-state index < -0.39 is 0 Å². The molecule has 0 aliphatic carbocycles. The molecule has 0 aromatic carbocycles. The highest BCUT2D eigenvalue weighted by molar-refractivity contribution is 4.50. The zero-order valence-electron chi connectivity index (χ0n) is 17.5. The summed E-state index contributed by atoms with van der Waals surface area (Å²) in [4.78, 5) is 0. The van der Waals surface area contributed by atoms with Gasteiger partial charge in [-0.1, -0.05) is 78.6 Å². The van der Waals surface area contributed by atoms with Gasteiger partial charge in [0.1, 0.15) is 0 Å². The Morgan fingerprint density at radius 2 is 0.960 bits per heavy atom. The predicted octanol–water partition coefficient (Wildman–Crippen LogP) is 6.88. The van der Waals surface area contributed by atoms with Crippen LogP contribution in [0.15, 0.2) is 0 Å². The Bertz CT molecular complexity index is 233. The van der Waals surface area contributed by atoms with Gasteiger partial charge in [-0.25, -0.2) is 0 Å². The molecule has 0 saturated carbocycles. The Balaban J connectivity index is 3.61. The molecule has 0 aliphatic heterocycles. The second-order valence-corrected chi connectivity index (χ2v) is 7.11. The van der Waals surface area contributed by atoms with Gasteiger partial charge in [0.2, 0.25) is 0 Å². The van der Waals surface area contributed by atoms with E-state index in [1.54, 1.807) is 0 Å². The molecule has 0 amide bonds. The number of ether oxygens (including phenoxy) is 3. The molecule has 0 radical (unpaired) electrons. The summed E-state index contributed by atoms with van der Waals surface area (Å²) in [5.41, 5.74) is 0. The molecular weight excluding hydrogens is 312 g/mol. The maximum Gasteiger partial charge on any atom is 0.157 e. The first-order valence-electron chi connectivity index (χ1n) is 11.2. The van der Waals surface area contributed by atoms with E-state index in [1.807, 2.05) is 0 Å². The van der Waals surface area contributed by atoms with Gasteiger partial charge in [0.05, 0.1) is 0 Å². The SMILES string of the molecule is CCCCCCCCCCOC(CCCOCCCC)OCCCC. The Morgan fingerprint density at radius 3 is 1.60 bits per heavy atom. The summed E-state index contributed by atoms with van der Waals surface area (Å²) in [5.74, 6) is 0. The highest BCUT2D eigenvalue weighted by Gasteiger charge is 2.09. The second-order valence-electron chi connectivity index (χ2n) is 7.11. The lowest BCUT2D eigenvalue weighted by molar-refractivity contribution is -0.149. The van der Waals surface area contributed by atoms with Crippen molar-refractivity contribution >= 4 is 0 Å². The van der Waals surface area contributed by atoms with Crippen LogP contribution in [0.4, 0.5) is 0 Å². The van der Waals surface area contributed by atoms with E-state index in [2.05, 4.69) is 20.8 Å². The molecule has 0 N–H and O–H groups in total. The molecule has 0 rings (SSSR count). The summed E-state index contributed by atoms with van der Waals surface area (Å²) >= 11 is 0. The smallest absolute Gasteiger partial charge is 0.157 e. The summed E-state index contributed by atoms with van der Waals surface area (Å²) in [6.45, 7) is 10.0. The Kier molecular flexibility index (Phi) is 21.8. The minimum Gasteiger partial charge on any atom is -0.381 e. The van der Waals surface area contributed by atoms with Crippen molar-refractivity contribution in [1.82, 2.24) is 0 Å². The van der Waals surface area contributed by atoms with Crippen LogP contribution in [0.25, 0.3) is 0 Å².